The van der Waals surface area contributed by atoms with Crippen LogP contribution in [0, 0.1) is 0 Å². The summed E-state index contributed by atoms with van der Waals surface area (Å²) in [6.45, 7) is -4.73. The number of nitrogens with two attached hydrogens (primary N) is 2. The van der Waals surface area contributed by atoms with Crippen LogP contribution in [0.2, 0.25) is 0 Å². The monoisotopic (exact) mass is 1230 g/mol. The van der Waals surface area contributed by atoms with Crippen LogP contribution in [0.15, 0.2) is 34.9 Å². The number of phosphoric ester groups is 2. The van der Waals surface area contributed by atoms with E-state index >= 15 is 0 Å². The zero-order valence-corrected chi connectivity index (χ0v) is 46.6. The van der Waals surface area contributed by atoms with Crippen LogP contribution < -0.4 is 52.0 Å². The molecular formula is C37H50N15O23P4S-3. The Bertz CT molecular complexity index is 3590. The fourth-order valence-electron chi connectivity index (χ4n) is 9.17. The number of hydrogen-bond acceptors (Lipinski definition) is 33. The third-order valence-electron chi connectivity index (χ3n) is 12.4. The van der Waals surface area contributed by atoms with Crippen LogP contribution in [0.5, 0.6) is 0 Å². The van der Waals surface area contributed by atoms with Crippen molar-refractivity contribution in [3.05, 3.63) is 46.0 Å². The largest absolute Gasteiger partial charge is 0.770 e. The van der Waals surface area contributed by atoms with Crippen molar-refractivity contribution < 1.29 is 103 Å². The first-order valence-electron chi connectivity index (χ1n) is 23.3. The lowest BCUT2D eigenvalue weighted by molar-refractivity contribution is -0.745. The smallest absolute Gasteiger partial charge is 0.313 e. The van der Waals surface area contributed by atoms with E-state index in [1.165, 1.54) is 38.0 Å². The first-order valence-corrected chi connectivity index (χ1v) is 30.8. The highest BCUT2D eigenvalue weighted by molar-refractivity contribution is 8.54. The van der Waals surface area contributed by atoms with Gasteiger partial charge in [0.05, 0.1) is 39.0 Å². The van der Waals surface area contributed by atoms with E-state index in [4.69, 9.17) is 53.5 Å². The van der Waals surface area contributed by atoms with E-state index < -0.39 is 140 Å². The maximum Gasteiger partial charge on any atom is 0.313 e. The molecule has 80 heavy (non-hydrogen) atoms. The number of aliphatic hydroxyl groups excluding tert-OH is 2. The van der Waals surface area contributed by atoms with E-state index in [9.17, 15) is 57.6 Å². The summed E-state index contributed by atoms with van der Waals surface area (Å²) in [4.78, 5) is 108. The number of anilines is 3. The SMILES string of the molecule is CNc1ncnc2c1ncn2[C@@H]1O[C@H](COP(=O)([O-])OP(=O)([O-])OP(=O)([O-])SC[C@H]2O[C@@H]([n+]3cn(C)c4c(=O)[nH]c(N)nc43)C(O)[C@H]2OC)[C@H](OP(=O)([O-])OC[C@H]2O[C@@H](n3cnc4c(=O)[nH]c(N)nc43)C(O)[C@H]2OC(C)C)C1OC. The van der Waals surface area contributed by atoms with Crippen LogP contribution in [0.3, 0.4) is 0 Å². The molecule has 0 spiro atoms. The Labute approximate surface area is 452 Å². The maximum atomic E-state index is 13.9. The van der Waals surface area contributed by atoms with E-state index in [0.29, 0.717) is 0 Å². The van der Waals surface area contributed by atoms with Crippen LogP contribution in [0.4, 0.5) is 17.7 Å². The summed E-state index contributed by atoms with van der Waals surface area (Å²) < 4.78 is 117. The van der Waals surface area contributed by atoms with Crippen molar-refractivity contribution in [3.63, 3.8) is 0 Å². The molecule has 38 nitrogen and oxygen atoms in total. The molecule has 3 aliphatic heterocycles. The number of H-pyrrole nitrogens is 2. The molecule has 0 bridgehead atoms. The molecule has 0 radical (unpaired) electrons. The van der Waals surface area contributed by atoms with Gasteiger partial charge in [-0.15, -0.1) is 0 Å². The molecule has 43 heteroatoms. The van der Waals surface area contributed by atoms with Gasteiger partial charge in [0.15, 0.2) is 48.2 Å². The molecule has 0 aromatic carbocycles. The van der Waals surface area contributed by atoms with Gasteiger partial charge in [0.2, 0.25) is 17.7 Å². The lowest BCUT2D eigenvalue weighted by Gasteiger charge is -2.35. The number of aromatic amines is 2. The Kier molecular flexibility index (Phi) is 17.3. The van der Waals surface area contributed by atoms with Crippen LogP contribution >= 0.6 is 41.6 Å². The molecule has 9 N–H and O–H groups in total. The number of ether oxygens (including phenoxy) is 6. The molecule has 0 aliphatic carbocycles. The summed E-state index contributed by atoms with van der Waals surface area (Å²) in [5.41, 5.74) is 10.1. The normalized spacial score (nSPS) is 29.4. The minimum absolute atomic E-state index is 0.0282. The van der Waals surface area contributed by atoms with Crippen LogP contribution in [0.25, 0.3) is 33.5 Å². The van der Waals surface area contributed by atoms with Crippen molar-refractivity contribution in [3.8, 4) is 0 Å². The third-order valence-corrected chi connectivity index (χ3v) is 19.8. The average Bonchev–Trinajstić information content (AvgIpc) is 4.22. The lowest BCUT2D eigenvalue weighted by Crippen LogP contribution is -2.46. The summed E-state index contributed by atoms with van der Waals surface area (Å²) in [6, 6.07) is 0. The minimum atomic E-state index is -6.46. The number of methoxy groups -OCH3 is 2. The van der Waals surface area contributed by atoms with Gasteiger partial charge in [0, 0.05) is 27.0 Å². The molecule has 9 heterocycles. The number of aliphatic hydroxyl groups is 2. The zero-order chi connectivity index (χ0) is 58.0. The number of aryl methyl sites for hydroxylation is 1. The molecule has 440 valence electrons. The second-order valence-corrected chi connectivity index (χ2v) is 26.3. The lowest BCUT2D eigenvalue weighted by atomic mass is 10.1. The highest BCUT2D eigenvalue weighted by atomic mass is 32.7. The Morgan fingerprint density at radius 3 is 2.08 bits per heavy atom. The summed E-state index contributed by atoms with van der Waals surface area (Å²) in [6.07, 6.45) is -13.8. The van der Waals surface area contributed by atoms with Crippen LogP contribution in [-0.4, -0.2) is 165 Å². The second-order valence-electron chi connectivity index (χ2n) is 18.0. The standard InChI is InChI=1S/C37H53N15O23P4S/c1-14(2)69-24-15(70-33(22(24)54)51-12-44-19-29(51)45-36(38)47-31(19)55)7-67-76(57,58)73-25-16(71-35(26(25)66-6)50-11-43-18-27(40-3)41-10-42-28(18)50)8-68-77(59,60)74-78(61,62)75-79(63,64)80-9-17-23(65-5)21(53)34(72-17)52-13-49(4)20-30(52)46-37(39)48-32(20)56/h10-17,21-26,33-35,53-54H,7-9H2,1-6H3,(H10-,38,39,40,41,42,45,46,47,48,55,56,57,58,59,60,61,62,63,64)/p-3/t15-,16-,17-,21?,22?,23+,24+,25+,26?,33-,34-,35-/m1/s1. The minimum Gasteiger partial charge on any atom is -0.770 e. The van der Waals surface area contributed by atoms with Gasteiger partial charge in [-0.05, 0) is 13.8 Å². The molecule has 3 saturated heterocycles. The van der Waals surface area contributed by atoms with Gasteiger partial charge in [0.1, 0.15) is 66.8 Å². The number of hydrogen-bond donors (Lipinski definition) is 7. The number of rotatable bonds is 23. The van der Waals surface area contributed by atoms with Crippen molar-refractivity contribution in [2.24, 2.45) is 7.05 Å². The van der Waals surface area contributed by atoms with E-state index in [2.05, 4.69) is 53.8 Å². The molecule has 9 rings (SSSR count). The summed E-state index contributed by atoms with van der Waals surface area (Å²) in [5, 5.41) is 25.4. The highest BCUT2D eigenvalue weighted by Gasteiger charge is 2.52. The Morgan fingerprint density at radius 1 is 0.775 bits per heavy atom. The van der Waals surface area contributed by atoms with Crippen molar-refractivity contribution in [1.82, 2.24) is 53.6 Å². The molecule has 6 aromatic heterocycles. The highest BCUT2D eigenvalue weighted by Crippen LogP contribution is 2.67. The first-order chi connectivity index (χ1) is 37.6. The average molecular weight is 1230 g/mol. The Balaban J connectivity index is 0.889. The van der Waals surface area contributed by atoms with Crippen LogP contribution in [0.1, 0.15) is 32.5 Å². The quantitative estimate of drug-likeness (QED) is 0.0238. The van der Waals surface area contributed by atoms with Crippen molar-refractivity contribution in [2.75, 3.05) is 57.0 Å². The van der Waals surface area contributed by atoms with Gasteiger partial charge in [-0.3, -0.25) is 55.8 Å². The van der Waals surface area contributed by atoms with Gasteiger partial charge in [-0.2, -0.15) is 4.98 Å². The second kappa shape index (κ2) is 23.1. The maximum absolute atomic E-state index is 13.9. The molecule has 7 unspecified atom stereocenters. The fraction of sp³-hybridized carbons (Fsp3) is 0.595. The molecule has 3 aliphatic rings. The van der Waals surface area contributed by atoms with Gasteiger partial charge in [-0.1, -0.05) is 16.4 Å². The van der Waals surface area contributed by atoms with Crippen molar-refractivity contribution in [2.45, 2.75) is 93.6 Å². The number of phosphoric acid groups is 3. The first kappa shape index (κ1) is 59.8. The molecule has 6 aromatic rings. The van der Waals surface area contributed by atoms with Gasteiger partial charge >= 0.3 is 5.65 Å². The molecule has 0 amide bonds. The molecule has 0 saturated carbocycles. The van der Waals surface area contributed by atoms with Crippen LogP contribution in [-0.2, 0) is 75.9 Å². The van der Waals surface area contributed by atoms with Gasteiger partial charge in [0.25, 0.3) is 40.5 Å². The van der Waals surface area contributed by atoms with E-state index in [-0.39, 0.29) is 62.6 Å². The number of nitrogen functional groups attached to an aromatic ring is 2. The topological polar surface area (TPSA) is 528 Å². The van der Waals surface area contributed by atoms with Crippen molar-refractivity contribution >= 4 is 92.9 Å². The molecular weight excluding hydrogens is 1180 g/mol. The zero-order valence-electron chi connectivity index (χ0n) is 42.2. The Hall–Kier alpha value is -4.76. The predicted molar refractivity (Wildman–Crippen MR) is 261 cm³/mol. The predicted octanol–water partition coefficient (Wildman–Crippen LogP) is -3.98. The van der Waals surface area contributed by atoms with E-state index in [1.807, 2.05) is 0 Å². The molecule has 3 fully saturated rings. The number of nitrogens with one attached hydrogen (secondary N) is 3. The van der Waals surface area contributed by atoms with E-state index in [0.717, 1.165) is 26.9 Å². The van der Waals surface area contributed by atoms with Crippen molar-refractivity contribution in [1.29, 1.82) is 0 Å². The fourth-order valence-corrected chi connectivity index (χ4v) is 15.9. The molecule has 16 atom stereocenters. The van der Waals surface area contributed by atoms with Gasteiger partial charge in [-0.25, -0.2) is 28.8 Å². The summed E-state index contributed by atoms with van der Waals surface area (Å²) in [7, 11) is -13.1. The number of fused-ring (bicyclic) bond motifs is 3. The summed E-state index contributed by atoms with van der Waals surface area (Å²) in [5.74, 6) is -1.01. The third kappa shape index (κ3) is 12.3. The number of aromatic nitrogens is 12. The summed E-state index contributed by atoms with van der Waals surface area (Å²) >= 11 is -0.196. The number of imidazole rings is 3. The van der Waals surface area contributed by atoms with E-state index in [1.54, 1.807) is 20.9 Å². The number of nitrogens with zero attached hydrogens (tertiary/aromatic N) is 10. The Morgan fingerprint density at radius 2 is 1.40 bits per heavy atom. The van der Waals surface area contributed by atoms with Gasteiger partial charge < -0.3 is 88.6 Å².